The highest BCUT2D eigenvalue weighted by Gasteiger charge is 2.21. The quantitative estimate of drug-likeness (QED) is 0.200. The molecule has 1 N–H and O–H groups in total. The van der Waals surface area contributed by atoms with Gasteiger partial charge in [-0.2, -0.15) is 0 Å². The maximum atomic E-state index is 5.14. The van der Waals surface area contributed by atoms with E-state index in [1.165, 1.54) is 49.2 Å². The molecule has 1 aliphatic heterocycles. The molecule has 1 atom stereocenters. The zero-order valence-electron chi connectivity index (χ0n) is 27.2. The summed E-state index contributed by atoms with van der Waals surface area (Å²) in [6, 6.07) is 62.7. The number of aromatic nitrogens is 2. The fourth-order valence-corrected chi connectivity index (χ4v) is 7.63. The molecule has 0 spiro atoms. The molecule has 236 valence electrons. The normalized spacial score (nSPS) is 14.6. The van der Waals surface area contributed by atoms with Crippen molar-refractivity contribution >= 4 is 55.1 Å². The molecule has 0 bridgehead atoms. The van der Waals surface area contributed by atoms with E-state index in [4.69, 9.17) is 4.99 Å². The number of rotatable bonds is 5. The average Bonchev–Trinajstić information content (AvgIpc) is 3.70. The Labute approximate surface area is 289 Å². The predicted molar refractivity (Wildman–Crippen MR) is 208 cm³/mol. The summed E-state index contributed by atoms with van der Waals surface area (Å²) in [5.41, 5.74) is 11.4. The van der Waals surface area contributed by atoms with E-state index in [0.29, 0.717) is 0 Å². The summed E-state index contributed by atoms with van der Waals surface area (Å²) in [5, 5.41) is 8.72. The van der Waals surface area contributed by atoms with Crippen molar-refractivity contribution in [1.82, 2.24) is 14.5 Å². The zero-order valence-corrected chi connectivity index (χ0v) is 27.2. The summed E-state index contributed by atoms with van der Waals surface area (Å²) in [6.45, 7) is 0. The van der Waals surface area contributed by atoms with Gasteiger partial charge in [0, 0.05) is 38.5 Å². The molecule has 0 saturated carbocycles. The molecule has 1 aliphatic rings. The van der Waals surface area contributed by atoms with Gasteiger partial charge in [-0.15, -0.1) is 0 Å². The Morgan fingerprint density at radius 1 is 0.420 bits per heavy atom. The first-order chi connectivity index (χ1) is 24.8. The molecule has 50 heavy (non-hydrogen) atoms. The summed E-state index contributed by atoms with van der Waals surface area (Å²) >= 11 is 0. The van der Waals surface area contributed by atoms with Crippen LogP contribution in [0.2, 0.25) is 0 Å². The van der Waals surface area contributed by atoms with Crippen LogP contribution >= 0.6 is 0 Å². The van der Waals surface area contributed by atoms with Crippen LogP contribution in [0.5, 0.6) is 0 Å². The Balaban J connectivity index is 1.13. The van der Waals surface area contributed by atoms with Crippen LogP contribution in [-0.4, -0.2) is 15.0 Å². The van der Waals surface area contributed by atoms with E-state index in [-0.39, 0.29) is 6.04 Å². The standard InChI is InChI=1S/C46H32N4/c1-4-14-31(15-5-1)40-29-41(32-16-6-2-7-17-32)48-46(47-40)33-24-26-35(27-25-33)50-43-23-13-11-21-37(43)39-28-38-36-20-10-12-22-42(36)49(44(38)30-45(39)50)34-18-8-3-9-19-34/h1-30,40H,(H,47,48). The minimum atomic E-state index is 0.00898. The molecule has 1 unspecified atom stereocenters. The van der Waals surface area contributed by atoms with Crippen LogP contribution in [0, 0.1) is 0 Å². The molecular weight excluding hydrogens is 609 g/mol. The zero-order chi connectivity index (χ0) is 33.0. The van der Waals surface area contributed by atoms with Gasteiger partial charge in [0.15, 0.2) is 0 Å². The summed E-state index contributed by atoms with van der Waals surface area (Å²) in [7, 11) is 0. The van der Waals surface area contributed by atoms with Gasteiger partial charge in [-0.25, -0.2) is 4.99 Å². The van der Waals surface area contributed by atoms with Crippen LogP contribution in [0.1, 0.15) is 22.7 Å². The maximum absolute atomic E-state index is 5.14. The van der Waals surface area contributed by atoms with Crippen LogP contribution in [-0.2, 0) is 0 Å². The number of benzene rings is 7. The van der Waals surface area contributed by atoms with E-state index in [2.05, 4.69) is 190 Å². The van der Waals surface area contributed by atoms with E-state index < -0.39 is 0 Å². The van der Waals surface area contributed by atoms with Crippen LogP contribution < -0.4 is 5.32 Å². The highest BCUT2D eigenvalue weighted by atomic mass is 15.1. The van der Waals surface area contributed by atoms with Gasteiger partial charge in [0.2, 0.25) is 0 Å². The van der Waals surface area contributed by atoms with Crippen molar-refractivity contribution in [2.24, 2.45) is 4.99 Å². The molecular formula is C46H32N4. The Bertz CT molecular complexity index is 2750. The fourth-order valence-electron chi connectivity index (χ4n) is 7.63. The Hall–Kier alpha value is -6.65. The number of nitrogens with one attached hydrogen (secondary N) is 1. The van der Waals surface area contributed by atoms with Gasteiger partial charge in [0.25, 0.3) is 0 Å². The van der Waals surface area contributed by atoms with Gasteiger partial charge in [-0.3, -0.25) is 0 Å². The van der Waals surface area contributed by atoms with E-state index in [9.17, 15) is 0 Å². The first-order valence-corrected chi connectivity index (χ1v) is 17.1. The second-order valence-corrected chi connectivity index (χ2v) is 12.9. The van der Waals surface area contributed by atoms with Gasteiger partial charge in [-0.05, 0) is 77.9 Å². The molecule has 4 heteroatoms. The number of hydrogen-bond donors (Lipinski definition) is 1. The molecule has 3 heterocycles. The molecule has 0 aliphatic carbocycles. The molecule has 7 aromatic carbocycles. The number of nitrogens with zero attached hydrogens (tertiary/aromatic N) is 3. The monoisotopic (exact) mass is 640 g/mol. The third-order valence-corrected chi connectivity index (χ3v) is 9.96. The van der Waals surface area contributed by atoms with Crippen LogP contribution in [0.15, 0.2) is 187 Å². The van der Waals surface area contributed by atoms with Gasteiger partial charge < -0.3 is 14.5 Å². The van der Waals surface area contributed by atoms with E-state index in [1.54, 1.807) is 0 Å². The fraction of sp³-hybridized carbons (Fsp3) is 0.0217. The molecule has 0 saturated heterocycles. The molecule has 2 aromatic heterocycles. The van der Waals surface area contributed by atoms with Crippen molar-refractivity contribution < 1.29 is 0 Å². The third-order valence-electron chi connectivity index (χ3n) is 9.96. The van der Waals surface area contributed by atoms with E-state index >= 15 is 0 Å². The molecule has 0 radical (unpaired) electrons. The largest absolute Gasteiger partial charge is 0.359 e. The minimum Gasteiger partial charge on any atom is -0.359 e. The van der Waals surface area contributed by atoms with Gasteiger partial charge in [-0.1, -0.05) is 115 Å². The van der Waals surface area contributed by atoms with Gasteiger partial charge in [0.05, 0.1) is 33.8 Å². The molecule has 0 fully saturated rings. The lowest BCUT2D eigenvalue weighted by molar-refractivity contribution is 0.781. The van der Waals surface area contributed by atoms with Crippen molar-refractivity contribution in [2.45, 2.75) is 6.04 Å². The second kappa shape index (κ2) is 11.5. The summed E-state index contributed by atoms with van der Waals surface area (Å²) < 4.78 is 4.79. The van der Waals surface area contributed by atoms with E-state index in [1.807, 2.05) is 6.07 Å². The number of aliphatic imine (C=N–C) groups is 1. The van der Waals surface area contributed by atoms with Gasteiger partial charge >= 0.3 is 0 Å². The summed E-state index contributed by atoms with van der Waals surface area (Å²) in [4.78, 5) is 5.14. The SMILES string of the molecule is C1=C(c2ccccc2)N=C(c2ccc(-n3c4ccccc4c4cc5c6ccccc6n(-c6ccccc6)c5cc43)cc2)NC1c1ccccc1. The predicted octanol–water partition coefficient (Wildman–Crippen LogP) is 11.0. The molecule has 0 amide bonds. The van der Waals surface area contributed by atoms with Crippen LogP contribution in [0.4, 0.5) is 0 Å². The smallest absolute Gasteiger partial charge is 0.134 e. The topological polar surface area (TPSA) is 34.2 Å². The van der Waals surface area contributed by atoms with Crippen molar-refractivity contribution in [1.29, 1.82) is 0 Å². The first-order valence-electron chi connectivity index (χ1n) is 17.1. The molecule has 10 rings (SSSR count). The lowest BCUT2D eigenvalue weighted by Gasteiger charge is -2.24. The highest BCUT2D eigenvalue weighted by molar-refractivity contribution is 6.19. The van der Waals surface area contributed by atoms with Crippen LogP contribution in [0.3, 0.4) is 0 Å². The van der Waals surface area contributed by atoms with Crippen molar-refractivity contribution in [3.8, 4) is 11.4 Å². The van der Waals surface area contributed by atoms with Crippen molar-refractivity contribution in [2.75, 3.05) is 0 Å². The lowest BCUT2D eigenvalue weighted by Crippen LogP contribution is -2.31. The Morgan fingerprint density at radius 3 is 1.56 bits per heavy atom. The number of fused-ring (bicyclic) bond motifs is 6. The summed E-state index contributed by atoms with van der Waals surface area (Å²) in [6.07, 6.45) is 2.22. The van der Waals surface area contributed by atoms with Gasteiger partial charge in [0.1, 0.15) is 5.84 Å². The van der Waals surface area contributed by atoms with Crippen LogP contribution in [0.25, 0.3) is 60.7 Å². The summed E-state index contributed by atoms with van der Waals surface area (Å²) in [5.74, 6) is 0.864. The minimum absolute atomic E-state index is 0.00898. The first kappa shape index (κ1) is 28.4. The number of amidine groups is 1. The van der Waals surface area contributed by atoms with Crippen molar-refractivity contribution in [3.63, 3.8) is 0 Å². The highest BCUT2D eigenvalue weighted by Crippen LogP contribution is 2.39. The Kier molecular flexibility index (Phi) is 6.53. The number of hydrogen-bond acceptors (Lipinski definition) is 2. The maximum Gasteiger partial charge on any atom is 0.134 e. The number of para-hydroxylation sites is 3. The lowest BCUT2D eigenvalue weighted by atomic mass is 10.0. The molecule has 9 aromatic rings. The molecule has 4 nitrogen and oxygen atoms in total. The average molecular weight is 641 g/mol. The third kappa shape index (κ3) is 4.57. The van der Waals surface area contributed by atoms with Crippen molar-refractivity contribution in [3.05, 3.63) is 199 Å². The Morgan fingerprint density at radius 2 is 0.940 bits per heavy atom. The van der Waals surface area contributed by atoms with E-state index in [0.717, 1.165) is 34.0 Å². The second-order valence-electron chi connectivity index (χ2n) is 12.9.